The second kappa shape index (κ2) is 6.21. The van der Waals surface area contributed by atoms with Crippen molar-refractivity contribution in [1.82, 2.24) is 0 Å². The van der Waals surface area contributed by atoms with Crippen LogP contribution in [0.15, 0.2) is 42.5 Å². The van der Waals surface area contributed by atoms with Crippen LogP contribution in [-0.2, 0) is 12.3 Å². The van der Waals surface area contributed by atoms with Crippen LogP contribution < -0.4 is 4.74 Å². The third-order valence-corrected chi connectivity index (χ3v) is 2.89. The Labute approximate surface area is 116 Å². The molecule has 0 bridgehead atoms. The normalized spacial score (nSPS) is 9.95. The number of benzene rings is 2. The highest BCUT2D eigenvalue weighted by Gasteiger charge is 2.06. The Morgan fingerprint density at radius 1 is 1.16 bits per heavy atom. The van der Waals surface area contributed by atoms with Gasteiger partial charge in [0, 0.05) is 5.56 Å². The van der Waals surface area contributed by atoms with Gasteiger partial charge in [-0.15, -0.1) is 11.6 Å². The lowest BCUT2D eigenvalue weighted by molar-refractivity contribution is 0.476. The molecule has 0 heterocycles. The van der Waals surface area contributed by atoms with Gasteiger partial charge in [0.2, 0.25) is 0 Å². The molecule has 0 aromatic heterocycles. The van der Waals surface area contributed by atoms with Crippen LogP contribution in [0, 0.1) is 17.1 Å². The first kappa shape index (κ1) is 13.4. The lowest BCUT2D eigenvalue weighted by atomic mass is 10.1. The summed E-state index contributed by atoms with van der Waals surface area (Å²) < 4.78 is 18.7. The van der Waals surface area contributed by atoms with Gasteiger partial charge in [0.05, 0.1) is 18.4 Å². The number of hydrogen-bond donors (Lipinski definition) is 0. The van der Waals surface area contributed by atoms with Crippen molar-refractivity contribution < 1.29 is 9.13 Å². The van der Waals surface area contributed by atoms with Gasteiger partial charge in [0.15, 0.2) is 0 Å². The van der Waals surface area contributed by atoms with E-state index in [0.29, 0.717) is 23.5 Å². The van der Waals surface area contributed by atoms with E-state index in [1.54, 1.807) is 18.2 Å². The van der Waals surface area contributed by atoms with Crippen molar-refractivity contribution in [3.8, 4) is 17.6 Å². The standard InChI is InChI=1S/C15H11ClFNO/c16-10-12-9-13(17)3-6-15(12)19-14-4-1-11(2-5-14)7-8-18/h1-6,9H,7,10H2. The van der Waals surface area contributed by atoms with Crippen LogP contribution in [0.25, 0.3) is 0 Å². The Bertz CT molecular complexity index is 605. The molecule has 0 unspecified atom stereocenters. The maximum absolute atomic E-state index is 13.1. The fraction of sp³-hybridized carbons (Fsp3) is 0.133. The molecule has 0 fully saturated rings. The van der Waals surface area contributed by atoms with E-state index < -0.39 is 0 Å². The SMILES string of the molecule is N#CCc1ccc(Oc2ccc(F)cc2CCl)cc1. The third-order valence-electron chi connectivity index (χ3n) is 2.60. The zero-order chi connectivity index (χ0) is 13.7. The summed E-state index contributed by atoms with van der Waals surface area (Å²) in [5, 5.41) is 8.59. The Hall–Kier alpha value is -2.05. The minimum Gasteiger partial charge on any atom is -0.457 e. The predicted octanol–water partition coefficient (Wildman–Crippen LogP) is 4.42. The summed E-state index contributed by atoms with van der Waals surface area (Å²) in [6.45, 7) is 0. The number of alkyl halides is 1. The zero-order valence-corrected chi connectivity index (χ0v) is 10.8. The van der Waals surface area contributed by atoms with Gasteiger partial charge >= 0.3 is 0 Å². The van der Waals surface area contributed by atoms with Crippen LogP contribution in [0.4, 0.5) is 4.39 Å². The predicted molar refractivity (Wildman–Crippen MR) is 71.8 cm³/mol. The number of hydrogen-bond acceptors (Lipinski definition) is 2. The molecule has 96 valence electrons. The van der Waals surface area contributed by atoms with Gasteiger partial charge in [-0.3, -0.25) is 0 Å². The van der Waals surface area contributed by atoms with Gasteiger partial charge in [0.25, 0.3) is 0 Å². The molecule has 2 nitrogen and oxygen atoms in total. The first-order chi connectivity index (χ1) is 9.22. The molecule has 0 saturated carbocycles. The van der Waals surface area contributed by atoms with Crippen molar-refractivity contribution in [2.45, 2.75) is 12.3 Å². The van der Waals surface area contributed by atoms with Crippen molar-refractivity contribution >= 4 is 11.6 Å². The molecule has 0 spiro atoms. The quantitative estimate of drug-likeness (QED) is 0.774. The average molecular weight is 276 g/mol. The highest BCUT2D eigenvalue weighted by molar-refractivity contribution is 6.17. The van der Waals surface area contributed by atoms with E-state index in [1.807, 2.05) is 12.1 Å². The second-order valence-corrected chi connectivity index (χ2v) is 4.23. The number of halogens is 2. The van der Waals surface area contributed by atoms with Crippen molar-refractivity contribution in [3.05, 3.63) is 59.4 Å². The van der Waals surface area contributed by atoms with Crippen molar-refractivity contribution in [1.29, 1.82) is 5.26 Å². The number of nitrogens with zero attached hydrogens (tertiary/aromatic N) is 1. The molecule has 0 radical (unpaired) electrons. The molecule has 0 amide bonds. The highest BCUT2D eigenvalue weighted by Crippen LogP contribution is 2.27. The molecule has 2 aromatic carbocycles. The molecule has 0 N–H and O–H groups in total. The van der Waals surface area contributed by atoms with Gasteiger partial charge in [-0.05, 0) is 35.9 Å². The highest BCUT2D eigenvalue weighted by atomic mass is 35.5. The van der Waals surface area contributed by atoms with Gasteiger partial charge < -0.3 is 4.74 Å². The number of ether oxygens (including phenoxy) is 1. The summed E-state index contributed by atoms with van der Waals surface area (Å²) in [6.07, 6.45) is 0.365. The van der Waals surface area contributed by atoms with Crippen LogP contribution in [0.5, 0.6) is 11.5 Å². The fourth-order valence-electron chi connectivity index (χ4n) is 1.65. The van der Waals surface area contributed by atoms with Crippen LogP contribution in [-0.4, -0.2) is 0 Å². The number of rotatable bonds is 4. The average Bonchev–Trinajstić information content (AvgIpc) is 2.43. The van der Waals surface area contributed by atoms with Crippen LogP contribution >= 0.6 is 11.6 Å². The minimum absolute atomic E-state index is 0.180. The summed E-state index contributed by atoms with van der Waals surface area (Å²) in [6, 6.07) is 13.5. The molecular formula is C15H11ClFNO. The molecule has 0 aliphatic heterocycles. The number of nitriles is 1. The molecule has 0 atom stereocenters. The smallest absolute Gasteiger partial charge is 0.132 e. The van der Waals surface area contributed by atoms with E-state index in [2.05, 4.69) is 6.07 Å². The first-order valence-corrected chi connectivity index (χ1v) is 6.24. The molecule has 0 saturated heterocycles. The molecule has 0 aliphatic carbocycles. The maximum atomic E-state index is 13.1. The van der Waals surface area contributed by atoms with Crippen LogP contribution in [0.3, 0.4) is 0 Å². The van der Waals surface area contributed by atoms with Crippen LogP contribution in [0.2, 0.25) is 0 Å². The summed E-state index contributed by atoms with van der Waals surface area (Å²) in [5.74, 6) is 0.996. The molecule has 2 aromatic rings. The van der Waals surface area contributed by atoms with Gasteiger partial charge in [-0.2, -0.15) is 5.26 Å². The summed E-state index contributed by atoms with van der Waals surface area (Å²) in [5.41, 5.74) is 1.52. The van der Waals surface area contributed by atoms with Crippen molar-refractivity contribution in [2.24, 2.45) is 0 Å². The van der Waals surface area contributed by atoms with Gasteiger partial charge in [-0.25, -0.2) is 4.39 Å². The van der Waals surface area contributed by atoms with Crippen molar-refractivity contribution in [2.75, 3.05) is 0 Å². The Balaban J connectivity index is 2.19. The maximum Gasteiger partial charge on any atom is 0.132 e. The topological polar surface area (TPSA) is 33.0 Å². The molecular weight excluding hydrogens is 265 g/mol. The lowest BCUT2D eigenvalue weighted by Gasteiger charge is -2.09. The summed E-state index contributed by atoms with van der Waals surface area (Å²) >= 11 is 5.75. The second-order valence-electron chi connectivity index (χ2n) is 3.97. The molecule has 0 aliphatic rings. The summed E-state index contributed by atoms with van der Waals surface area (Å²) in [4.78, 5) is 0. The zero-order valence-electron chi connectivity index (χ0n) is 10.1. The molecule has 2 rings (SSSR count). The first-order valence-electron chi connectivity index (χ1n) is 5.71. The lowest BCUT2D eigenvalue weighted by Crippen LogP contribution is -1.91. The van der Waals surface area contributed by atoms with Crippen molar-refractivity contribution in [3.63, 3.8) is 0 Å². The van der Waals surface area contributed by atoms with E-state index in [4.69, 9.17) is 21.6 Å². The minimum atomic E-state index is -0.340. The van der Waals surface area contributed by atoms with E-state index >= 15 is 0 Å². The largest absolute Gasteiger partial charge is 0.457 e. The van der Waals surface area contributed by atoms with Gasteiger partial charge in [-0.1, -0.05) is 12.1 Å². The molecule has 19 heavy (non-hydrogen) atoms. The monoisotopic (exact) mass is 275 g/mol. The Kier molecular flexibility index (Phi) is 4.38. The van der Waals surface area contributed by atoms with E-state index in [9.17, 15) is 4.39 Å². The molecule has 4 heteroatoms. The third kappa shape index (κ3) is 3.46. The fourth-order valence-corrected chi connectivity index (χ4v) is 1.85. The van der Waals surface area contributed by atoms with E-state index in [1.165, 1.54) is 12.1 Å². The Morgan fingerprint density at radius 3 is 2.53 bits per heavy atom. The van der Waals surface area contributed by atoms with E-state index in [0.717, 1.165) is 5.56 Å². The van der Waals surface area contributed by atoms with Gasteiger partial charge in [0.1, 0.15) is 17.3 Å². The van der Waals surface area contributed by atoms with Crippen LogP contribution in [0.1, 0.15) is 11.1 Å². The van der Waals surface area contributed by atoms with E-state index in [-0.39, 0.29) is 11.7 Å². The Morgan fingerprint density at radius 2 is 1.89 bits per heavy atom. The summed E-state index contributed by atoms with van der Waals surface area (Å²) in [7, 11) is 0.